The number of hydrogen-bond donors (Lipinski definition) is 2. The number of esters is 2. The van der Waals surface area contributed by atoms with Gasteiger partial charge in [-0.25, -0.2) is 19.6 Å². The minimum absolute atomic E-state index is 0.176. The van der Waals surface area contributed by atoms with E-state index in [0.29, 0.717) is 17.1 Å². The van der Waals surface area contributed by atoms with Crippen molar-refractivity contribution in [2.75, 3.05) is 31.0 Å². The Morgan fingerprint density at radius 1 is 1.00 bits per heavy atom. The lowest BCUT2D eigenvalue weighted by molar-refractivity contribution is -0.137. The van der Waals surface area contributed by atoms with E-state index in [9.17, 15) is 14.4 Å². The zero-order valence-corrected chi connectivity index (χ0v) is 17.7. The maximum absolute atomic E-state index is 12.0. The Bertz CT molecular complexity index is 672. The van der Waals surface area contributed by atoms with Crippen molar-refractivity contribution < 1.29 is 23.9 Å². The van der Waals surface area contributed by atoms with Gasteiger partial charge in [0.1, 0.15) is 4.58 Å². The Balaban J connectivity index is 2.95. The van der Waals surface area contributed by atoms with Crippen molar-refractivity contribution >= 4 is 53.0 Å². The van der Waals surface area contributed by atoms with Crippen LogP contribution in [0.25, 0.3) is 0 Å². The highest BCUT2D eigenvalue weighted by molar-refractivity contribution is 8.33. The molecule has 8 heteroatoms. The molecule has 0 amide bonds. The third-order valence-corrected chi connectivity index (χ3v) is 7.85. The van der Waals surface area contributed by atoms with Crippen LogP contribution in [0.3, 0.4) is 0 Å². The van der Waals surface area contributed by atoms with E-state index in [1.807, 2.05) is 12.1 Å². The molecule has 0 heterocycles. The first-order chi connectivity index (χ1) is 12.7. The first kappa shape index (κ1) is 23.4. The van der Waals surface area contributed by atoms with E-state index in [0.717, 1.165) is 17.0 Å². The molecule has 0 aliphatic heterocycles. The van der Waals surface area contributed by atoms with Crippen molar-refractivity contribution in [2.45, 2.75) is 9.48 Å². The molecular formula is C19H24O5S3. The van der Waals surface area contributed by atoms with Gasteiger partial charge in [-0.2, -0.15) is 25.3 Å². The molecule has 0 saturated carbocycles. The van der Waals surface area contributed by atoms with Crippen LogP contribution in [0.4, 0.5) is 0 Å². The Kier molecular flexibility index (Phi) is 9.76. The number of ether oxygens (including phenoxy) is 2. The molecule has 0 N–H and O–H groups in total. The molecule has 0 atom stereocenters. The largest absolute Gasteiger partial charge is 0.462 e. The lowest BCUT2D eigenvalue weighted by atomic mass is 10.1. The number of carbonyl (C=O) groups is 3. The summed E-state index contributed by atoms with van der Waals surface area (Å²) in [5.41, 5.74) is 0.520. The summed E-state index contributed by atoms with van der Waals surface area (Å²) in [6, 6.07) is 7.20. The minimum Gasteiger partial charge on any atom is -0.462 e. The fourth-order valence-electron chi connectivity index (χ4n) is 2.20. The van der Waals surface area contributed by atoms with Crippen LogP contribution in [-0.2, 0) is 19.1 Å². The number of Topliss-reactive ketones (excluding diaryl/α,β-unsaturated/α-hetero) is 1. The number of hydrogen-bond acceptors (Lipinski definition) is 7. The lowest BCUT2D eigenvalue weighted by Gasteiger charge is -2.36. The summed E-state index contributed by atoms with van der Waals surface area (Å²) in [6.45, 7) is 7.20. The fourth-order valence-corrected chi connectivity index (χ4v) is 4.87. The normalized spacial score (nSPS) is 11.6. The summed E-state index contributed by atoms with van der Waals surface area (Å²) in [7, 11) is -1.46. The first-order valence-corrected chi connectivity index (χ1v) is 11.5. The number of ketones is 1. The van der Waals surface area contributed by atoms with E-state index >= 15 is 0 Å². The van der Waals surface area contributed by atoms with Gasteiger partial charge in [0.25, 0.3) is 0 Å². The molecule has 0 unspecified atom stereocenters. The fraction of sp³-hybridized carbons (Fsp3) is 0.316. The Morgan fingerprint density at radius 3 is 1.81 bits per heavy atom. The average molecular weight is 429 g/mol. The molecule has 1 aromatic carbocycles. The topological polar surface area (TPSA) is 69.7 Å². The predicted molar refractivity (Wildman–Crippen MR) is 116 cm³/mol. The SMILES string of the molecule is C=CC(=O)OCCS(C)(CCOC(=O)C=C)c1ccc(C(=O)C(S)S)cc1. The second-order valence-electron chi connectivity index (χ2n) is 5.69. The van der Waals surface area contributed by atoms with E-state index in [2.05, 4.69) is 44.7 Å². The molecular weight excluding hydrogens is 404 g/mol. The number of carbonyl (C=O) groups excluding carboxylic acids is 3. The van der Waals surface area contributed by atoms with Gasteiger partial charge in [0.2, 0.25) is 0 Å². The van der Waals surface area contributed by atoms with Crippen LogP contribution in [0, 0.1) is 0 Å². The summed E-state index contributed by atoms with van der Waals surface area (Å²) in [5.74, 6) is 0.0408. The van der Waals surface area contributed by atoms with Crippen molar-refractivity contribution in [3.63, 3.8) is 0 Å². The molecule has 0 radical (unpaired) electrons. The molecule has 0 aliphatic carbocycles. The highest BCUT2D eigenvalue weighted by Gasteiger charge is 2.23. The van der Waals surface area contributed by atoms with Crippen LogP contribution >= 0.6 is 35.3 Å². The smallest absolute Gasteiger partial charge is 0.330 e. The van der Waals surface area contributed by atoms with Crippen molar-refractivity contribution in [1.82, 2.24) is 0 Å². The Labute approximate surface area is 172 Å². The van der Waals surface area contributed by atoms with E-state index in [1.165, 1.54) is 0 Å². The third-order valence-electron chi connectivity index (χ3n) is 3.83. The lowest BCUT2D eigenvalue weighted by Crippen LogP contribution is -2.19. The highest BCUT2D eigenvalue weighted by atomic mass is 32.3. The molecule has 0 aromatic heterocycles. The summed E-state index contributed by atoms with van der Waals surface area (Å²) in [4.78, 5) is 35.6. The quantitative estimate of drug-likeness (QED) is 0.186. The standard InChI is InChI=1S/C19H24O5S3/c1-4-16(20)23-10-12-27(3,13-11-24-17(21)5-2)15-8-6-14(7-9-15)18(22)19(25)26/h4-9,19,25-26H,1-2,10-13H2,3H3. The molecule has 0 bridgehead atoms. The van der Waals surface area contributed by atoms with Crippen LogP contribution in [0.15, 0.2) is 54.5 Å². The van der Waals surface area contributed by atoms with Gasteiger partial charge in [-0.15, -0.1) is 0 Å². The Morgan fingerprint density at radius 2 is 1.44 bits per heavy atom. The van der Waals surface area contributed by atoms with Crippen molar-refractivity contribution in [1.29, 1.82) is 0 Å². The maximum atomic E-state index is 12.0. The molecule has 0 spiro atoms. The van der Waals surface area contributed by atoms with Crippen molar-refractivity contribution in [3.05, 3.63) is 55.1 Å². The molecule has 1 rings (SSSR count). The zero-order valence-electron chi connectivity index (χ0n) is 15.1. The van der Waals surface area contributed by atoms with Gasteiger partial charge in [-0.05, 0) is 23.3 Å². The number of thiol groups is 2. The van der Waals surface area contributed by atoms with E-state index < -0.39 is 26.5 Å². The van der Waals surface area contributed by atoms with Crippen LogP contribution in [0.5, 0.6) is 0 Å². The molecule has 148 valence electrons. The van der Waals surface area contributed by atoms with Crippen LogP contribution in [0.1, 0.15) is 10.4 Å². The van der Waals surface area contributed by atoms with E-state index in [1.54, 1.807) is 12.1 Å². The second kappa shape index (κ2) is 11.3. The summed E-state index contributed by atoms with van der Waals surface area (Å²) in [5, 5.41) is 0. The monoisotopic (exact) mass is 428 g/mol. The van der Waals surface area contributed by atoms with Gasteiger partial charge in [0.15, 0.2) is 5.78 Å². The van der Waals surface area contributed by atoms with Crippen LogP contribution in [-0.4, -0.2) is 53.3 Å². The van der Waals surface area contributed by atoms with Gasteiger partial charge >= 0.3 is 11.9 Å². The first-order valence-electron chi connectivity index (χ1n) is 8.06. The van der Waals surface area contributed by atoms with Crippen LogP contribution < -0.4 is 0 Å². The Hall–Kier alpha value is -1.64. The van der Waals surface area contributed by atoms with Gasteiger partial charge in [0, 0.05) is 29.2 Å². The highest BCUT2D eigenvalue weighted by Crippen LogP contribution is 2.52. The van der Waals surface area contributed by atoms with Gasteiger partial charge in [-0.3, -0.25) is 4.79 Å². The predicted octanol–water partition coefficient (Wildman–Crippen LogP) is 3.31. The second-order valence-corrected chi connectivity index (χ2v) is 11.0. The number of rotatable bonds is 11. The van der Waals surface area contributed by atoms with Gasteiger partial charge in [-0.1, -0.05) is 25.3 Å². The summed E-state index contributed by atoms with van der Waals surface area (Å²) >= 11 is 8.09. The maximum Gasteiger partial charge on any atom is 0.330 e. The van der Waals surface area contributed by atoms with Crippen molar-refractivity contribution in [2.24, 2.45) is 0 Å². The molecule has 0 fully saturated rings. The number of benzene rings is 1. The molecule has 5 nitrogen and oxygen atoms in total. The average Bonchev–Trinajstić information content (AvgIpc) is 2.67. The molecule has 1 aromatic rings. The minimum atomic E-state index is -1.46. The summed E-state index contributed by atoms with van der Waals surface area (Å²) < 4.78 is 9.56. The van der Waals surface area contributed by atoms with E-state index in [-0.39, 0.29) is 19.0 Å². The zero-order chi connectivity index (χ0) is 20.4. The van der Waals surface area contributed by atoms with Crippen LogP contribution in [0.2, 0.25) is 0 Å². The summed E-state index contributed by atoms with van der Waals surface area (Å²) in [6.07, 6.45) is 4.29. The third kappa shape index (κ3) is 7.48. The van der Waals surface area contributed by atoms with Crippen molar-refractivity contribution in [3.8, 4) is 0 Å². The molecule has 27 heavy (non-hydrogen) atoms. The molecule has 0 saturated heterocycles. The van der Waals surface area contributed by atoms with Gasteiger partial charge in [0.05, 0.1) is 13.2 Å². The van der Waals surface area contributed by atoms with Gasteiger partial charge < -0.3 is 9.47 Å². The molecule has 0 aliphatic rings. The van der Waals surface area contributed by atoms with E-state index in [4.69, 9.17) is 9.47 Å².